The first-order chi connectivity index (χ1) is 8.48. The number of hydrogen-bond acceptors (Lipinski definition) is 6. The summed E-state index contributed by atoms with van der Waals surface area (Å²) >= 11 is 0. The highest BCUT2D eigenvalue weighted by Gasteiger charge is 2.08. The Morgan fingerprint density at radius 3 is 2.83 bits per heavy atom. The highest BCUT2D eigenvalue weighted by atomic mass is 32.2. The lowest BCUT2D eigenvalue weighted by Crippen LogP contribution is -2.26. The van der Waals surface area contributed by atoms with E-state index in [9.17, 15) is 13.2 Å². The first-order valence-corrected chi connectivity index (χ1v) is 6.83. The van der Waals surface area contributed by atoms with Crippen LogP contribution >= 0.6 is 0 Å². The van der Waals surface area contributed by atoms with Gasteiger partial charge in [0, 0.05) is 18.4 Å². The van der Waals surface area contributed by atoms with Gasteiger partial charge in [0.05, 0.1) is 12.9 Å². The molecular formula is C10H15N3O4S. The van der Waals surface area contributed by atoms with E-state index in [1.54, 1.807) is 6.07 Å². The first-order valence-electron chi connectivity index (χ1n) is 5.18. The maximum absolute atomic E-state index is 11.2. The second kappa shape index (κ2) is 6.31. The lowest BCUT2D eigenvalue weighted by atomic mass is 10.3. The Labute approximate surface area is 106 Å². The number of pyridine rings is 1. The molecule has 7 nitrogen and oxygen atoms in total. The van der Waals surface area contributed by atoms with Gasteiger partial charge >= 0.3 is 5.97 Å². The molecule has 0 unspecified atom stereocenters. The Balaban J connectivity index is 2.61. The van der Waals surface area contributed by atoms with Crippen molar-refractivity contribution in [2.24, 2.45) is 0 Å². The molecule has 0 radical (unpaired) electrons. The molecule has 8 heteroatoms. The van der Waals surface area contributed by atoms with Crippen molar-refractivity contribution in [3.05, 3.63) is 24.0 Å². The number of rotatable bonds is 6. The van der Waals surface area contributed by atoms with Gasteiger partial charge in [-0.15, -0.1) is 0 Å². The topological polar surface area (TPSA) is 97.4 Å². The molecule has 1 rings (SSSR count). The summed E-state index contributed by atoms with van der Waals surface area (Å²) in [4.78, 5) is 15.1. The third-order valence-electron chi connectivity index (χ3n) is 2.17. The van der Waals surface area contributed by atoms with Crippen molar-refractivity contribution in [3.63, 3.8) is 0 Å². The van der Waals surface area contributed by atoms with E-state index in [0.717, 1.165) is 0 Å². The van der Waals surface area contributed by atoms with Gasteiger partial charge in [-0.2, -0.15) is 0 Å². The molecule has 0 bridgehead atoms. The molecule has 1 aromatic heterocycles. The van der Waals surface area contributed by atoms with Crippen molar-refractivity contribution in [2.75, 3.05) is 31.8 Å². The molecule has 1 aromatic rings. The highest BCUT2D eigenvalue weighted by Crippen LogP contribution is 2.08. The van der Waals surface area contributed by atoms with E-state index >= 15 is 0 Å². The van der Waals surface area contributed by atoms with E-state index in [1.807, 2.05) is 0 Å². The summed E-state index contributed by atoms with van der Waals surface area (Å²) in [6, 6.07) is 3.14. The molecule has 0 spiro atoms. The molecule has 0 atom stereocenters. The molecule has 2 N–H and O–H groups in total. The fourth-order valence-corrected chi connectivity index (χ4v) is 1.76. The molecule has 18 heavy (non-hydrogen) atoms. The Kier molecular flexibility index (Phi) is 5.05. The maximum atomic E-state index is 11.2. The SMILES string of the molecule is CNS(=O)(=O)CCNc1ccnc(C(=O)OC)c1. The number of sulfonamides is 1. The van der Waals surface area contributed by atoms with Gasteiger partial charge in [-0.1, -0.05) is 0 Å². The maximum Gasteiger partial charge on any atom is 0.356 e. The van der Waals surface area contributed by atoms with Crippen LogP contribution in [-0.2, 0) is 14.8 Å². The molecular weight excluding hydrogens is 258 g/mol. The third-order valence-corrected chi connectivity index (χ3v) is 3.53. The fraction of sp³-hybridized carbons (Fsp3) is 0.400. The van der Waals surface area contributed by atoms with Crippen molar-refractivity contribution in [2.45, 2.75) is 0 Å². The van der Waals surface area contributed by atoms with Gasteiger partial charge in [-0.05, 0) is 19.2 Å². The normalized spacial score (nSPS) is 11.0. The predicted octanol–water partition coefficient (Wildman–Crippen LogP) is -0.171. The number of nitrogens with zero attached hydrogens (tertiary/aromatic N) is 1. The zero-order valence-electron chi connectivity index (χ0n) is 10.1. The third kappa shape index (κ3) is 4.30. The van der Waals surface area contributed by atoms with E-state index in [-0.39, 0.29) is 18.0 Å². The zero-order valence-corrected chi connectivity index (χ0v) is 11.0. The molecule has 0 saturated carbocycles. The van der Waals surface area contributed by atoms with E-state index in [4.69, 9.17) is 0 Å². The highest BCUT2D eigenvalue weighted by molar-refractivity contribution is 7.89. The number of ether oxygens (including phenoxy) is 1. The van der Waals surface area contributed by atoms with Crippen LogP contribution < -0.4 is 10.0 Å². The number of carbonyl (C=O) groups excluding carboxylic acids is 1. The van der Waals surface area contributed by atoms with Crippen molar-refractivity contribution >= 4 is 21.7 Å². The van der Waals surface area contributed by atoms with Crippen LogP contribution in [0.3, 0.4) is 0 Å². The lowest BCUT2D eigenvalue weighted by molar-refractivity contribution is 0.0594. The standard InChI is InChI=1S/C10H15N3O4S/c1-11-18(15,16)6-5-12-8-3-4-13-9(7-8)10(14)17-2/h3-4,7,11H,5-6H2,1-2H3,(H,12,13). The number of esters is 1. The summed E-state index contributed by atoms with van der Waals surface area (Å²) in [7, 11) is -0.615. The minimum absolute atomic E-state index is 0.0562. The zero-order chi connectivity index (χ0) is 13.6. The smallest absolute Gasteiger partial charge is 0.356 e. The Bertz CT molecular complexity index is 516. The summed E-state index contributed by atoms with van der Waals surface area (Å²) in [5.41, 5.74) is 0.774. The van der Waals surface area contributed by atoms with E-state index in [0.29, 0.717) is 5.69 Å². The van der Waals surface area contributed by atoms with Gasteiger partial charge in [0.15, 0.2) is 0 Å². The molecule has 0 aliphatic rings. The number of hydrogen-bond donors (Lipinski definition) is 2. The predicted molar refractivity (Wildman–Crippen MR) is 66.9 cm³/mol. The molecule has 0 amide bonds. The quantitative estimate of drug-likeness (QED) is 0.698. The second-order valence-electron chi connectivity index (χ2n) is 3.37. The second-order valence-corrected chi connectivity index (χ2v) is 5.42. The summed E-state index contributed by atoms with van der Waals surface area (Å²) in [5.74, 6) is -0.596. The Morgan fingerprint density at radius 1 is 1.50 bits per heavy atom. The van der Waals surface area contributed by atoms with E-state index < -0.39 is 16.0 Å². The first kappa shape index (κ1) is 14.4. The number of aromatic nitrogens is 1. The number of methoxy groups -OCH3 is 1. The molecule has 0 aromatic carbocycles. The van der Waals surface area contributed by atoms with Gasteiger partial charge in [0.2, 0.25) is 10.0 Å². The fourth-order valence-electron chi connectivity index (χ4n) is 1.19. The van der Waals surface area contributed by atoms with Crippen LogP contribution in [0.4, 0.5) is 5.69 Å². The van der Waals surface area contributed by atoms with E-state index in [2.05, 4.69) is 19.8 Å². The van der Waals surface area contributed by atoms with Crippen LogP contribution in [0.5, 0.6) is 0 Å². The average Bonchev–Trinajstić information content (AvgIpc) is 2.38. The average molecular weight is 273 g/mol. The minimum atomic E-state index is -3.24. The van der Waals surface area contributed by atoms with Gasteiger partial charge < -0.3 is 10.1 Å². The summed E-state index contributed by atoms with van der Waals surface area (Å²) in [6.07, 6.45) is 1.45. The van der Waals surface area contributed by atoms with Crippen LogP contribution in [0, 0.1) is 0 Å². The molecule has 0 fully saturated rings. The van der Waals surface area contributed by atoms with Crippen molar-refractivity contribution in [1.82, 2.24) is 9.71 Å². The molecule has 0 aliphatic carbocycles. The molecule has 0 saturated heterocycles. The Hall–Kier alpha value is -1.67. The van der Waals surface area contributed by atoms with Crippen LogP contribution in [0.25, 0.3) is 0 Å². The molecule has 0 aliphatic heterocycles. The van der Waals surface area contributed by atoms with Crippen LogP contribution in [0.15, 0.2) is 18.3 Å². The van der Waals surface area contributed by atoms with Gasteiger partial charge in [-0.3, -0.25) is 0 Å². The van der Waals surface area contributed by atoms with Crippen molar-refractivity contribution in [3.8, 4) is 0 Å². The minimum Gasteiger partial charge on any atom is -0.464 e. The molecule has 100 valence electrons. The number of carbonyl (C=O) groups is 1. The van der Waals surface area contributed by atoms with Gasteiger partial charge in [0.25, 0.3) is 0 Å². The van der Waals surface area contributed by atoms with Crippen molar-refractivity contribution < 1.29 is 17.9 Å². The van der Waals surface area contributed by atoms with Crippen LogP contribution in [-0.4, -0.2) is 45.8 Å². The summed E-state index contributed by atoms with van der Waals surface area (Å²) in [6.45, 7) is 0.230. The monoisotopic (exact) mass is 273 g/mol. The van der Waals surface area contributed by atoms with Gasteiger partial charge in [-0.25, -0.2) is 22.9 Å². The summed E-state index contributed by atoms with van der Waals surface area (Å²) in [5, 5.41) is 2.89. The summed E-state index contributed by atoms with van der Waals surface area (Å²) < 4.78 is 29.1. The lowest BCUT2D eigenvalue weighted by Gasteiger charge is -2.07. The molecule has 1 heterocycles. The van der Waals surface area contributed by atoms with Crippen LogP contribution in [0.2, 0.25) is 0 Å². The Morgan fingerprint density at radius 2 is 2.22 bits per heavy atom. The van der Waals surface area contributed by atoms with Crippen LogP contribution in [0.1, 0.15) is 10.5 Å². The largest absolute Gasteiger partial charge is 0.464 e. The number of anilines is 1. The van der Waals surface area contributed by atoms with Gasteiger partial charge in [0.1, 0.15) is 5.69 Å². The van der Waals surface area contributed by atoms with Crippen molar-refractivity contribution in [1.29, 1.82) is 0 Å². The number of nitrogens with one attached hydrogen (secondary N) is 2. The van der Waals surface area contributed by atoms with E-state index in [1.165, 1.54) is 26.4 Å².